The average molecular weight is 532 g/mol. The standard InChI is InChI=1S/C23H41N5O.HI/c1-5-27(6-2)16-8-7-15-25-23(24-3)26-19-22(28-17-9-10-18-28)20-11-13-21(29-4)14-12-20;/h11-14,22H,5-10,15-19H2,1-4H3,(H2,24,25,26);1H. The molecule has 1 atom stereocenters. The van der Waals surface area contributed by atoms with Crippen LogP contribution in [-0.4, -0.2) is 75.7 Å². The third kappa shape index (κ3) is 8.98. The molecule has 0 amide bonds. The Morgan fingerprint density at radius 3 is 2.33 bits per heavy atom. The largest absolute Gasteiger partial charge is 0.497 e. The number of hydrogen-bond donors (Lipinski definition) is 2. The normalized spacial score (nSPS) is 15.7. The quantitative estimate of drug-likeness (QED) is 0.186. The van der Waals surface area contributed by atoms with Crippen LogP contribution in [0.5, 0.6) is 5.75 Å². The summed E-state index contributed by atoms with van der Waals surface area (Å²) < 4.78 is 5.32. The summed E-state index contributed by atoms with van der Waals surface area (Å²) in [5, 5.41) is 7.03. The minimum absolute atomic E-state index is 0. The van der Waals surface area contributed by atoms with Gasteiger partial charge in [0.1, 0.15) is 5.75 Å². The van der Waals surface area contributed by atoms with Crippen LogP contribution in [0.4, 0.5) is 0 Å². The van der Waals surface area contributed by atoms with E-state index in [1.54, 1.807) is 7.11 Å². The number of hydrogen-bond acceptors (Lipinski definition) is 4. The summed E-state index contributed by atoms with van der Waals surface area (Å²) in [5.41, 5.74) is 1.33. The zero-order valence-electron chi connectivity index (χ0n) is 19.3. The van der Waals surface area contributed by atoms with Crippen LogP contribution in [0.3, 0.4) is 0 Å². The Labute approximate surface area is 200 Å². The summed E-state index contributed by atoms with van der Waals surface area (Å²) in [4.78, 5) is 9.47. The lowest BCUT2D eigenvalue weighted by Gasteiger charge is -2.29. The van der Waals surface area contributed by atoms with E-state index in [1.807, 2.05) is 7.05 Å². The summed E-state index contributed by atoms with van der Waals surface area (Å²) in [6.07, 6.45) is 4.94. The fraction of sp³-hybridized carbons (Fsp3) is 0.696. The molecule has 1 aromatic rings. The fourth-order valence-electron chi connectivity index (χ4n) is 3.96. The first-order valence-electron chi connectivity index (χ1n) is 11.3. The van der Waals surface area contributed by atoms with Gasteiger partial charge < -0.3 is 20.3 Å². The highest BCUT2D eigenvalue weighted by molar-refractivity contribution is 14.0. The Hall–Kier alpha value is -1.06. The number of guanidine groups is 1. The summed E-state index contributed by atoms with van der Waals surface area (Å²) in [6, 6.07) is 8.84. The zero-order valence-corrected chi connectivity index (χ0v) is 21.7. The minimum atomic E-state index is 0. The van der Waals surface area contributed by atoms with E-state index in [4.69, 9.17) is 4.74 Å². The van der Waals surface area contributed by atoms with Crippen molar-refractivity contribution in [3.63, 3.8) is 0 Å². The molecule has 1 saturated heterocycles. The van der Waals surface area contributed by atoms with Gasteiger partial charge in [0.05, 0.1) is 13.2 Å². The number of ether oxygens (including phenoxy) is 1. The number of benzene rings is 1. The van der Waals surface area contributed by atoms with E-state index in [9.17, 15) is 0 Å². The lowest BCUT2D eigenvalue weighted by Crippen LogP contribution is -2.43. The molecule has 6 nitrogen and oxygen atoms in total. The van der Waals surface area contributed by atoms with Crippen molar-refractivity contribution in [1.82, 2.24) is 20.4 Å². The van der Waals surface area contributed by atoms with Gasteiger partial charge in [-0.15, -0.1) is 24.0 Å². The molecule has 1 fully saturated rings. The van der Waals surface area contributed by atoms with Crippen molar-refractivity contribution in [2.24, 2.45) is 4.99 Å². The number of rotatable bonds is 12. The summed E-state index contributed by atoms with van der Waals surface area (Å²) in [5.74, 6) is 1.80. The number of likely N-dealkylation sites (tertiary alicyclic amines) is 1. The third-order valence-corrected chi connectivity index (χ3v) is 5.86. The summed E-state index contributed by atoms with van der Waals surface area (Å²) >= 11 is 0. The Kier molecular flexibility index (Phi) is 14.1. The number of unbranched alkanes of at least 4 members (excludes halogenated alkanes) is 1. The molecular formula is C23H42IN5O. The Bertz CT molecular complexity index is 586. The van der Waals surface area contributed by atoms with Gasteiger partial charge in [0.2, 0.25) is 0 Å². The minimum Gasteiger partial charge on any atom is -0.497 e. The monoisotopic (exact) mass is 531 g/mol. The van der Waals surface area contributed by atoms with Gasteiger partial charge in [-0.3, -0.25) is 9.89 Å². The summed E-state index contributed by atoms with van der Waals surface area (Å²) in [7, 11) is 3.57. The van der Waals surface area contributed by atoms with E-state index >= 15 is 0 Å². The third-order valence-electron chi connectivity index (χ3n) is 5.86. The van der Waals surface area contributed by atoms with Gasteiger partial charge in [-0.25, -0.2) is 0 Å². The number of aliphatic imine (C=N–C) groups is 1. The van der Waals surface area contributed by atoms with Crippen molar-refractivity contribution in [2.75, 3.05) is 60.0 Å². The predicted molar refractivity (Wildman–Crippen MR) is 138 cm³/mol. The molecule has 1 aromatic carbocycles. The molecule has 1 unspecified atom stereocenters. The van der Waals surface area contributed by atoms with Crippen molar-refractivity contribution in [1.29, 1.82) is 0 Å². The van der Waals surface area contributed by atoms with Gasteiger partial charge in [0.25, 0.3) is 0 Å². The molecule has 30 heavy (non-hydrogen) atoms. The van der Waals surface area contributed by atoms with Crippen LogP contribution in [0.15, 0.2) is 29.3 Å². The summed E-state index contributed by atoms with van der Waals surface area (Å²) in [6.45, 7) is 12.0. The van der Waals surface area contributed by atoms with Gasteiger partial charge in [0, 0.05) is 20.1 Å². The first-order valence-corrected chi connectivity index (χ1v) is 11.3. The van der Waals surface area contributed by atoms with Crippen LogP contribution in [0, 0.1) is 0 Å². The molecular weight excluding hydrogens is 489 g/mol. The van der Waals surface area contributed by atoms with Crippen LogP contribution in [0.2, 0.25) is 0 Å². The first kappa shape index (κ1) is 27.0. The molecule has 2 N–H and O–H groups in total. The number of nitrogens with one attached hydrogen (secondary N) is 2. The second kappa shape index (κ2) is 15.7. The smallest absolute Gasteiger partial charge is 0.191 e. The van der Waals surface area contributed by atoms with E-state index in [0.717, 1.165) is 57.4 Å². The maximum atomic E-state index is 5.32. The highest BCUT2D eigenvalue weighted by Gasteiger charge is 2.23. The average Bonchev–Trinajstić information content (AvgIpc) is 3.30. The second-order valence-corrected chi connectivity index (χ2v) is 7.65. The predicted octanol–water partition coefficient (Wildman–Crippen LogP) is 3.74. The van der Waals surface area contributed by atoms with Crippen LogP contribution in [0.1, 0.15) is 51.1 Å². The zero-order chi connectivity index (χ0) is 20.9. The molecule has 0 aromatic heterocycles. The van der Waals surface area contributed by atoms with Crippen LogP contribution in [-0.2, 0) is 0 Å². The van der Waals surface area contributed by atoms with E-state index in [2.05, 4.69) is 63.5 Å². The van der Waals surface area contributed by atoms with Gasteiger partial charge >= 0.3 is 0 Å². The molecule has 0 radical (unpaired) electrons. The molecule has 0 bridgehead atoms. The van der Waals surface area contributed by atoms with Crippen molar-refractivity contribution < 1.29 is 4.74 Å². The number of methoxy groups -OCH3 is 1. The molecule has 1 aliphatic rings. The molecule has 1 heterocycles. The molecule has 172 valence electrons. The molecule has 0 spiro atoms. The maximum Gasteiger partial charge on any atom is 0.191 e. The SMILES string of the molecule is CCN(CC)CCCCNC(=NC)NCC(c1ccc(OC)cc1)N1CCCC1.I. The molecule has 1 aliphatic heterocycles. The van der Waals surface area contributed by atoms with Crippen molar-refractivity contribution in [3.8, 4) is 5.75 Å². The number of nitrogens with zero attached hydrogens (tertiary/aromatic N) is 3. The van der Waals surface area contributed by atoms with Crippen LogP contribution >= 0.6 is 24.0 Å². The van der Waals surface area contributed by atoms with Crippen LogP contribution in [0.25, 0.3) is 0 Å². The Morgan fingerprint density at radius 2 is 1.77 bits per heavy atom. The van der Waals surface area contributed by atoms with E-state index in [0.29, 0.717) is 6.04 Å². The first-order chi connectivity index (χ1) is 14.2. The molecule has 0 aliphatic carbocycles. The van der Waals surface area contributed by atoms with Gasteiger partial charge in [-0.05, 0) is 76.1 Å². The number of halogens is 1. The maximum absolute atomic E-state index is 5.32. The lowest BCUT2D eigenvalue weighted by atomic mass is 10.1. The highest BCUT2D eigenvalue weighted by atomic mass is 127. The second-order valence-electron chi connectivity index (χ2n) is 7.65. The molecule has 7 heteroatoms. The van der Waals surface area contributed by atoms with E-state index in [1.165, 1.54) is 31.4 Å². The van der Waals surface area contributed by atoms with Gasteiger partial charge in [0.15, 0.2) is 5.96 Å². The Balaban J connectivity index is 0.00000450. The van der Waals surface area contributed by atoms with Crippen molar-refractivity contribution >= 4 is 29.9 Å². The van der Waals surface area contributed by atoms with Crippen molar-refractivity contribution in [2.45, 2.75) is 45.6 Å². The lowest BCUT2D eigenvalue weighted by molar-refractivity contribution is 0.245. The van der Waals surface area contributed by atoms with Crippen molar-refractivity contribution in [3.05, 3.63) is 29.8 Å². The van der Waals surface area contributed by atoms with Crippen LogP contribution < -0.4 is 15.4 Å². The molecule has 2 rings (SSSR count). The van der Waals surface area contributed by atoms with Gasteiger partial charge in [-0.2, -0.15) is 0 Å². The van der Waals surface area contributed by atoms with E-state index in [-0.39, 0.29) is 24.0 Å². The van der Waals surface area contributed by atoms with Gasteiger partial charge in [-0.1, -0.05) is 26.0 Å². The Morgan fingerprint density at radius 1 is 1.10 bits per heavy atom. The highest BCUT2D eigenvalue weighted by Crippen LogP contribution is 2.26. The molecule has 0 saturated carbocycles. The van der Waals surface area contributed by atoms with E-state index < -0.39 is 0 Å². The fourth-order valence-corrected chi connectivity index (χ4v) is 3.96. The topological polar surface area (TPSA) is 52.1 Å².